The van der Waals surface area contributed by atoms with E-state index < -0.39 is 0 Å². The summed E-state index contributed by atoms with van der Waals surface area (Å²) in [5, 5.41) is 3.05. The van der Waals surface area contributed by atoms with Gasteiger partial charge in [0.05, 0.1) is 12.5 Å². The van der Waals surface area contributed by atoms with Crippen LogP contribution < -0.4 is 10.1 Å². The number of amides is 2. The van der Waals surface area contributed by atoms with Crippen molar-refractivity contribution in [1.29, 1.82) is 0 Å². The Kier molecular flexibility index (Phi) is 5.69. The second kappa shape index (κ2) is 8.15. The fourth-order valence-electron chi connectivity index (χ4n) is 3.12. The first-order valence-electron chi connectivity index (χ1n) is 8.56. The molecule has 6 nitrogen and oxygen atoms in total. The molecule has 2 amide bonds. The molecule has 1 aromatic carbocycles. The minimum absolute atomic E-state index is 0.0279. The molecule has 3 rings (SSSR count). The number of likely N-dealkylation sites (tertiary alicyclic amines) is 1. The molecular weight excluding hydrogens is 308 g/mol. The Balaban J connectivity index is 1.41. The van der Waals surface area contributed by atoms with E-state index in [0.717, 1.165) is 25.9 Å². The Hall–Kier alpha value is -2.08. The molecule has 6 heteroatoms. The first-order valence-corrected chi connectivity index (χ1v) is 8.56. The van der Waals surface area contributed by atoms with Crippen LogP contribution in [0.3, 0.4) is 0 Å². The Morgan fingerprint density at radius 3 is 2.83 bits per heavy atom. The fourth-order valence-corrected chi connectivity index (χ4v) is 3.12. The average molecular weight is 332 g/mol. The van der Waals surface area contributed by atoms with E-state index in [1.165, 1.54) is 0 Å². The van der Waals surface area contributed by atoms with Gasteiger partial charge in [-0.25, -0.2) is 0 Å². The van der Waals surface area contributed by atoms with Crippen LogP contribution in [-0.4, -0.2) is 55.7 Å². The van der Waals surface area contributed by atoms with Crippen LogP contribution in [-0.2, 0) is 14.3 Å². The van der Waals surface area contributed by atoms with Gasteiger partial charge < -0.3 is 19.7 Å². The number of carbonyl (C=O) groups is 2. The van der Waals surface area contributed by atoms with Crippen LogP contribution in [0, 0.1) is 5.92 Å². The minimum Gasteiger partial charge on any atom is -0.484 e. The Morgan fingerprint density at radius 1 is 1.25 bits per heavy atom. The molecule has 130 valence electrons. The average Bonchev–Trinajstić information content (AvgIpc) is 3.10. The van der Waals surface area contributed by atoms with Gasteiger partial charge in [-0.1, -0.05) is 18.2 Å². The Morgan fingerprint density at radius 2 is 2.08 bits per heavy atom. The molecule has 0 bridgehead atoms. The zero-order valence-corrected chi connectivity index (χ0v) is 13.8. The third-order valence-electron chi connectivity index (χ3n) is 4.52. The van der Waals surface area contributed by atoms with Crippen LogP contribution in [0.2, 0.25) is 0 Å². The Bertz CT molecular complexity index is 557. The van der Waals surface area contributed by atoms with Crippen LogP contribution in [0.5, 0.6) is 5.75 Å². The molecule has 1 aromatic rings. The molecule has 0 unspecified atom stereocenters. The van der Waals surface area contributed by atoms with Gasteiger partial charge in [0.1, 0.15) is 5.75 Å². The monoisotopic (exact) mass is 332 g/mol. The molecule has 2 fully saturated rings. The largest absolute Gasteiger partial charge is 0.484 e. The van der Waals surface area contributed by atoms with Crippen molar-refractivity contribution in [2.45, 2.75) is 25.3 Å². The van der Waals surface area contributed by atoms with Crippen molar-refractivity contribution in [2.24, 2.45) is 5.92 Å². The van der Waals surface area contributed by atoms with Gasteiger partial charge in [0.2, 0.25) is 5.91 Å². The molecule has 2 heterocycles. The van der Waals surface area contributed by atoms with E-state index in [0.29, 0.717) is 25.4 Å². The summed E-state index contributed by atoms with van der Waals surface area (Å²) < 4.78 is 10.9. The number of benzene rings is 1. The van der Waals surface area contributed by atoms with Crippen LogP contribution in [0.4, 0.5) is 0 Å². The van der Waals surface area contributed by atoms with E-state index in [2.05, 4.69) is 5.32 Å². The van der Waals surface area contributed by atoms with Gasteiger partial charge in [-0.3, -0.25) is 9.59 Å². The highest BCUT2D eigenvalue weighted by molar-refractivity contribution is 5.80. The predicted molar refractivity (Wildman–Crippen MR) is 88.6 cm³/mol. The van der Waals surface area contributed by atoms with Crippen molar-refractivity contribution in [3.05, 3.63) is 30.3 Å². The molecular formula is C18H24N2O4. The second-order valence-electron chi connectivity index (χ2n) is 6.35. The third kappa shape index (κ3) is 4.47. The lowest BCUT2D eigenvalue weighted by Gasteiger charge is -2.23. The van der Waals surface area contributed by atoms with E-state index in [9.17, 15) is 9.59 Å². The molecule has 0 aromatic heterocycles. The summed E-state index contributed by atoms with van der Waals surface area (Å²) in [5.41, 5.74) is 0. The molecule has 0 spiro atoms. The maximum absolute atomic E-state index is 12.2. The van der Waals surface area contributed by atoms with Gasteiger partial charge in [0.25, 0.3) is 5.91 Å². The topological polar surface area (TPSA) is 67.9 Å². The van der Waals surface area contributed by atoms with Crippen LogP contribution >= 0.6 is 0 Å². The number of hydrogen-bond donors (Lipinski definition) is 1. The van der Waals surface area contributed by atoms with Crippen molar-refractivity contribution in [1.82, 2.24) is 10.2 Å². The van der Waals surface area contributed by atoms with E-state index >= 15 is 0 Å². The maximum Gasteiger partial charge on any atom is 0.260 e. The molecule has 0 radical (unpaired) electrons. The van der Waals surface area contributed by atoms with Crippen molar-refractivity contribution >= 4 is 11.8 Å². The molecule has 2 saturated heterocycles. The van der Waals surface area contributed by atoms with Gasteiger partial charge in [-0.2, -0.15) is 0 Å². The Labute approximate surface area is 142 Å². The smallest absolute Gasteiger partial charge is 0.260 e. The van der Waals surface area contributed by atoms with Gasteiger partial charge >= 0.3 is 0 Å². The quantitative estimate of drug-likeness (QED) is 0.880. The molecule has 24 heavy (non-hydrogen) atoms. The number of nitrogens with zero attached hydrogens (tertiary/aromatic N) is 1. The summed E-state index contributed by atoms with van der Waals surface area (Å²) in [6.07, 6.45) is 2.60. The van der Waals surface area contributed by atoms with Gasteiger partial charge in [-0.15, -0.1) is 0 Å². The first kappa shape index (κ1) is 16.8. The highest BCUT2D eigenvalue weighted by Gasteiger charge is 2.30. The second-order valence-corrected chi connectivity index (χ2v) is 6.35. The number of hydrogen-bond acceptors (Lipinski definition) is 4. The van der Waals surface area contributed by atoms with Crippen LogP contribution in [0.15, 0.2) is 30.3 Å². The van der Waals surface area contributed by atoms with E-state index in [-0.39, 0.29) is 30.4 Å². The molecule has 1 N–H and O–H groups in total. The van der Waals surface area contributed by atoms with Crippen molar-refractivity contribution < 1.29 is 19.1 Å². The molecule has 2 aliphatic rings. The number of rotatable bonds is 5. The van der Waals surface area contributed by atoms with Crippen LogP contribution in [0.25, 0.3) is 0 Å². The van der Waals surface area contributed by atoms with Crippen molar-refractivity contribution in [3.63, 3.8) is 0 Å². The summed E-state index contributed by atoms with van der Waals surface area (Å²) in [6, 6.07) is 9.32. The molecule has 2 atom stereocenters. The highest BCUT2D eigenvalue weighted by atomic mass is 16.5. The predicted octanol–water partition coefficient (Wildman–Crippen LogP) is 1.21. The van der Waals surface area contributed by atoms with E-state index in [4.69, 9.17) is 9.47 Å². The van der Waals surface area contributed by atoms with Crippen molar-refractivity contribution in [3.8, 4) is 5.75 Å². The van der Waals surface area contributed by atoms with E-state index in [1.807, 2.05) is 30.3 Å². The summed E-state index contributed by atoms with van der Waals surface area (Å²) in [7, 11) is 0. The normalized spacial score (nSPS) is 23.8. The lowest BCUT2D eigenvalue weighted by molar-refractivity contribution is -0.133. The lowest BCUT2D eigenvalue weighted by Crippen LogP contribution is -2.43. The maximum atomic E-state index is 12.2. The summed E-state index contributed by atoms with van der Waals surface area (Å²) in [4.78, 5) is 26.2. The number of nitrogens with one attached hydrogen (secondary N) is 1. The fraction of sp³-hybridized carbons (Fsp3) is 0.556. The highest BCUT2D eigenvalue weighted by Crippen LogP contribution is 2.16. The van der Waals surface area contributed by atoms with Crippen LogP contribution in [0.1, 0.15) is 19.3 Å². The van der Waals surface area contributed by atoms with E-state index in [1.54, 1.807) is 4.90 Å². The summed E-state index contributed by atoms with van der Waals surface area (Å²) in [5.74, 6) is 0.642. The van der Waals surface area contributed by atoms with Crippen molar-refractivity contribution in [2.75, 3.05) is 32.9 Å². The molecule has 0 saturated carbocycles. The first-order chi connectivity index (χ1) is 11.7. The third-order valence-corrected chi connectivity index (χ3v) is 4.52. The zero-order chi connectivity index (χ0) is 16.8. The van der Waals surface area contributed by atoms with Gasteiger partial charge in [-0.05, 0) is 31.4 Å². The lowest BCUT2D eigenvalue weighted by atomic mass is 10.0. The molecule has 0 aliphatic carbocycles. The number of ether oxygens (including phenoxy) is 2. The standard InChI is InChI=1S/C18H24N2O4/c21-17(13-24-16-6-2-1-3-7-16)20-9-8-15(11-20)19-18(22)14-5-4-10-23-12-14/h1-3,6-7,14-15H,4-5,8-13H2,(H,19,22)/t14-,15+/m0/s1. The number of carbonyl (C=O) groups excluding carboxylic acids is 2. The SMILES string of the molecule is O=C(N[C@@H]1CCN(C(=O)COc2ccccc2)C1)[C@H]1CCCOC1. The van der Waals surface area contributed by atoms with Gasteiger partial charge in [0, 0.05) is 25.7 Å². The number of para-hydroxylation sites is 1. The molecule has 2 aliphatic heterocycles. The minimum atomic E-state index is -0.0510. The van der Waals surface area contributed by atoms with Gasteiger partial charge in [0.15, 0.2) is 6.61 Å². The summed E-state index contributed by atoms with van der Waals surface area (Å²) >= 11 is 0. The summed E-state index contributed by atoms with van der Waals surface area (Å²) in [6.45, 7) is 2.49. The zero-order valence-electron chi connectivity index (χ0n) is 13.8.